The monoisotopic (exact) mass is 491 g/mol. The van der Waals surface area contributed by atoms with Crippen LogP contribution in [-0.4, -0.2) is 36.6 Å². The molecule has 1 N–H and O–H groups in total. The molecule has 0 saturated heterocycles. The fourth-order valence-electron chi connectivity index (χ4n) is 4.66. The van der Waals surface area contributed by atoms with Crippen LogP contribution in [0.1, 0.15) is 55.7 Å². The molecule has 168 valence electrons. The van der Waals surface area contributed by atoms with Gasteiger partial charge in [-0.2, -0.15) is 0 Å². The van der Waals surface area contributed by atoms with Crippen molar-refractivity contribution in [3.05, 3.63) is 39.9 Å². The number of carbonyl (C=O) groups excluding carboxylic acids is 2. The zero-order valence-electron chi connectivity index (χ0n) is 17.2. The first-order valence-corrected chi connectivity index (χ1v) is 13.4. The van der Waals surface area contributed by atoms with Crippen molar-refractivity contribution in [2.75, 3.05) is 5.32 Å². The van der Waals surface area contributed by atoms with Crippen LogP contribution < -0.4 is 5.32 Å². The van der Waals surface area contributed by atoms with Crippen LogP contribution in [0.25, 0.3) is 0 Å². The molecule has 1 amide bonds. The summed E-state index contributed by atoms with van der Waals surface area (Å²) in [5.41, 5.74) is 1.33. The molecule has 1 aromatic carbocycles. The van der Waals surface area contributed by atoms with Gasteiger partial charge >= 0.3 is 0 Å². The van der Waals surface area contributed by atoms with Crippen molar-refractivity contribution in [1.29, 1.82) is 0 Å². The third-order valence-electron chi connectivity index (χ3n) is 6.41. The van der Waals surface area contributed by atoms with E-state index >= 15 is 0 Å². The number of thiazole rings is 1. The van der Waals surface area contributed by atoms with Crippen LogP contribution in [0.4, 0.5) is 5.13 Å². The Hall–Kier alpha value is -2.10. The Bertz CT molecular complexity index is 1220. The summed E-state index contributed by atoms with van der Waals surface area (Å²) in [5, 5.41) is 2.92. The Morgan fingerprint density at radius 2 is 2.09 bits per heavy atom. The number of Topliss-reactive ketones (excluding diaryl/α,β-unsaturated/α-hetero) is 1. The molecule has 1 unspecified atom stereocenters. The summed E-state index contributed by atoms with van der Waals surface area (Å²) in [6.45, 7) is 0. The molecule has 5 rings (SSSR count). The largest absolute Gasteiger partial charge is 0.302 e. The lowest BCUT2D eigenvalue weighted by Gasteiger charge is -2.24. The van der Waals surface area contributed by atoms with Gasteiger partial charge in [0.1, 0.15) is 10.1 Å². The van der Waals surface area contributed by atoms with E-state index in [0.29, 0.717) is 52.0 Å². The molecule has 0 bridgehead atoms. The summed E-state index contributed by atoms with van der Waals surface area (Å²) in [6, 6.07) is 4.69. The van der Waals surface area contributed by atoms with E-state index in [1.807, 2.05) is 6.07 Å². The summed E-state index contributed by atoms with van der Waals surface area (Å²) >= 11 is 7.12. The highest BCUT2D eigenvalue weighted by Crippen LogP contribution is 2.43. The van der Waals surface area contributed by atoms with Crippen LogP contribution in [0.5, 0.6) is 0 Å². The summed E-state index contributed by atoms with van der Waals surface area (Å²) in [4.78, 5) is 34.2. The number of halogens is 1. The second-order valence-electron chi connectivity index (χ2n) is 8.67. The fourth-order valence-corrected chi connectivity index (χ4v) is 7.34. The third kappa shape index (κ3) is 4.13. The topological polar surface area (TPSA) is 106 Å². The number of amides is 1. The van der Waals surface area contributed by atoms with Gasteiger partial charge in [0, 0.05) is 24.6 Å². The highest BCUT2D eigenvalue weighted by atomic mass is 35.5. The van der Waals surface area contributed by atoms with Crippen molar-refractivity contribution in [2.45, 2.75) is 54.7 Å². The maximum atomic E-state index is 13.3. The molecule has 7 nitrogen and oxygen atoms in total. The number of fused-ring (bicyclic) bond motifs is 1. The first kappa shape index (κ1) is 21.7. The zero-order chi connectivity index (χ0) is 22.5. The zero-order valence-corrected chi connectivity index (χ0v) is 19.5. The van der Waals surface area contributed by atoms with E-state index < -0.39 is 21.8 Å². The van der Waals surface area contributed by atoms with Gasteiger partial charge < -0.3 is 5.32 Å². The molecule has 3 atom stereocenters. The van der Waals surface area contributed by atoms with E-state index in [2.05, 4.69) is 15.3 Å². The van der Waals surface area contributed by atoms with Crippen molar-refractivity contribution in [1.82, 2.24) is 4.98 Å². The maximum absolute atomic E-state index is 13.3. The number of nitrogens with zero attached hydrogens (tertiary/aromatic N) is 2. The number of nitrogens with one attached hydrogen (secondary N) is 1. The summed E-state index contributed by atoms with van der Waals surface area (Å²) < 4.78 is 26.3. The lowest BCUT2D eigenvalue weighted by atomic mass is 9.84. The third-order valence-corrected chi connectivity index (χ3v) is 9.76. The maximum Gasteiger partial charge on any atom is 0.231 e. The number of hydrogen-bond acceptors (Lipinski definition) is 7. The SMILES string of the molecule is O=C1CC[C@H](C[C@@H](C(=O)Nc2ncc(Cl)s2)C2N=Cc3c2cccc3S(=O)(=O)C2CC2)C1. The minimum Gasteiger partial charge on any atom is -0.302 e. The van der Waals surface area contributed by atoms with Gasteiger partial charge in [-0.3, -0.25) is 14.6 Å². The van der Waals surface area contributed by atoms with E-state index in [9.17, 15) is 18.0 Å². The quantitative estimate of drug-likeness (QED) is 0.624. The summed E-state index contributed by atoms with van der Waals surface area (Å²) in [5.74, 6) is -0.476. The van der Waals surface area contributed by atoms with Crippen LogP contribution in [0.15, 0.2) is 34.3 Å². The van der Waals surface area contributed by atoms with Crippen molar-refractivity contribution in [3.63, 3.8) is 0 Å². The molecule has 2 fully saturated rings. The number of carbonyl (C=O) groups is 2. The second kappa shape index (κ2) is 8.35. The molecule has 32 heavy (non-hydrogen) atoms. The molecule has 2 aromatic rings. The number of sulfone groups is 1. The Morgan fingerprint density at radius 3 is 2.75 bits per heavy atom. The molecule has 0 radical (unpaired) electrons. The van der Waals surface area contributed by atoms with Gasteiger partial charge in [0.05, 0.1) is 28.3 Å². The van der Waals surface area contributed by atoms with E-state index in [-0.39, 0.29) is 22.9 Å². The number of anilines is 1. The van der Waals surface area contributed by atoms with Crippen LogP contribution in [0.3, 0.4) is 0 Å². The van der Waals surface area contributed by atoms with E-state index in [0.717, 1.165) is 12.0 Å². The number of ketones is 1. The highest BCUT2D eigenvalue weighted by molar-refractivity contribution is 7.92. The van der Waals surface area contributed by atoms with Gasteiger partial charge in [0.25, 0.3) is 0 Å². The van der Waals surface area contributed by atoms with Crippen molar-refractivity contribution < 1.29 is 18.0 Å². The van der Waals surface area contributed by atoms with Crippen LogP contribution in [0.2, 0.25) is 4.34 Å². The second-order valence-corrected chi connectivity index (χ2v) is 12.5. The molecule has 2 aliphatic carbocycles. The lowest BCUT2D eigenvalue weighted by molar-refractivity contribution is -0.121. The Balaban J connectivity index is 1.47. The molecule has 10 heteroatoms. The van der Waals surface area contributed by atoms with Gasteiger partial charge in [0.2, 0.25) is 5.91 Å². The first-order chi connectivity index (χ1) is 15.3. The Kier molecular flexibility index (Phi) is 5.67. The Labute approximate surface area is 195 Å². The van der Waals surface area contributed by atoms with Crippen molar-refractivity contribution >= 4 is 55.8 Å². The smallest absolute Gasteiger partial charge is 0.231 e. The number of hydrogen-bond donors (Lipinski definition) is 1. The molecule has 1 aliphatic heterocycles. The van der Waals surface area contributed by atoms with Crippen LogP contribution in [-0.2, 0) is 19.4 Å². The van der Waals surface area contributed by atoms with E-state index in [1.165, 1.54) is 17.5 Å². The van der Waals surface area contributed by atoms with E-state index in [1.54, 1.807) is 18.3 Å². The standard InChI is InChI=1S/C22H22ClN3O4S2/c23-19-11-25-22(31-19)26-21(28)16(9-12-4-5-13(27)8-12)20-15-2-1-3-18(17(15)10-24-20)32(29,30)14-6-7-14/h1-3,10-12,14,16,20H,4-9H2,(H,25,26,28)/t12-,16+,20?/m0/s1. The van der Waals surface area contributed by atoms with Gasteiger partial charge in [0.15, 0.2) is 15.0 Å². The number of rotatable bonds is 7. The first-order valence-electron chi connectivity index (χ1n) is 10.7. The minimum absolute atomic E-state index is 0.107. The van der Waals surface area contributed by atoms with Crippen LogP contribution in [0, 0.1) is 11.8 Å². The Morgan fingerprint density at radius 1 is 1.28 bits per heavy atom. The number of benzene rings is 1. The number of aromatic nitrogens is 1. The molecular weight excluding hydrogens is 470 g/mol. The summed E-state index contributed by atoms with van der Waals surface area (Å²) in [7, 11) is -3.40. The van der Waals surface area contributed by atoms with Gasteiger partial charge in [-0.25, -0.2) is 13.4 Å². The van der Waals surface area contributed by atoms with E-state index in [4.69, 9.17) is 11.6 Å². The van der Waals surface area contributed by atoms with Gasteiger partial charge in [-0.15, -0.1) is 0 Å². The fraction of sp³-hybridized carbons (Fsp3) is 0.455. The molecule has 3 aliphatic rings. The predicted molar refractivity (Wildman–Crippen MR) is 123 cm³/mol. The predicted octanol–water partition coefficient (Wildman–Crippen LogP) is 4.22. The minimum atomic E-state index is -3.40. The normalized spacial score (nSPS) is 23.3. The average molecular weight is 492 g/mol. The van der Waals surface area contributed by atoms with Crippen molar-refractivity contribution in [2.24, 2.45) is 16.8 Å². The molecule has 2 heterocycles. The lowest BCUT2D eigenvalue weighted by Crippen LogP contribution is -2.29. The van der Waals surface area contributed by atoms with Gasteiger partial charge in [-0.05, 0) is 43.2 Å². The molecule has 0 spiro atoms. The average Bonchev–Trinajstić information content (AvgIpc) is 3.24. The molecule has 2 saturated carbocycles. The number of aliphatic imine (C=N–C) groups is 1. The van der Waals surface area contributed by atoms with Crippen LogP contribution >= 0.6 is 22.9 Å². The highest BCUT2D eigenvalue weighted by Gasteiger charge is 2.41. The van der Waals surface area contributed by atoms with Gasteiger partial charge in [-0.1, -0.05) is 35.1 Å². The molecule has 1 aromatic heterocycles. The summed E-state index contributed by atoms with van der Waals surface area (Å²) in [6.07, 6.45) is 6.69. The molecular formula is C22H22ClN3O4S2. The van der Waals surface area contributed by atoms with Crippen molar-refractivity contribution in [3.8, 4) is 0 Å².